The van der Waals surface area contributed by atoms with Crippen LogP contribution in [0.1, 0.15) is 52.2 Å². The summed E-state index contributed by atoms with van der Waals surface area (Å²) in [5, 5.41) is 18.8. The molecule has 0 radical (unpaired) electrons. The molecule has 0 bridgehead atoms. The molecule has 2 amide bonds. The molecule has 0 aromatic heterocycles. The van der Waals surface area contributed by atoms with E-state index in [1.54, 1.807) is 24.3 Å². The molecule has 0 unspecified atom stereocenters. The van der Waals surface area contributed by atoms with E-state index < -0.39 is 6.04 Å². The van der Waals surface area contributed by atoms with E-state index in [1.165, 1.54) is 11.1 Å². The Balaban J connectivity index is 1.30. The lowest BCUT2D eigenvalue weighted by Crippen LogP contribution is -2.54. The number of rotatable bonds is 9. The lowest BCUT2D eigenvalue weighted by atomic mass is 10.1. The van der Waals surface area contributed by atoms with Crippen LogP contribution in [0, 0.1) is 18.3 Å². The molecule has 1 saturated heterocycles. The number of benzene rings is 2. The van der Waals surface area contributed by atoms with Gasteiger partial charge in [0.1, 0.15) is 6.04 Å². The van der Waals surface area contributed by atoms with Gasteiger partial charge in [0.05, 0.1) is 11.6 Å². The second kappa shape index (κ2) is 11.3. The normalized spacial score (nSPS) is 20.3. The van der Waals surface area contributed by atoms with E-state index in [2.05, 4.69) is 53.2 Å². The molecule has 34 heavy (non-hydrogen) atoms. The molecule has 4 rings (SSSR count). The topological polar surface area (TPSA) is 97.3 Å². The van der Waals surface area contributed by atoms with Gasteiger partial charge in [-0.2, -0.15) is 5.26 Å². The van der Waals surface area contributed by atoms with Gasteiger partial charge in [-0.05, 0) is 62.6 Å². The van der Waals surface area contributed by atoms with E-state index in [-0.39, 0.29) is 11.8 Å². The van der Waals surface area contributed by atoms with E-state index in [4.69, 9.17) is 5.26 Å². The summed E-state index contributed by atoms with van der Waals surface area (Å²) >= 11 is 0. The Bertz CT molecular complexity index is 1020. The van der Waals surface area contributed by atoms with Crippen molar-refractivity contribution >= 4 is 11.8 Å². The fraction of sp³-hybridized carbons (Fsp3) is 0.444. The predicted octanol–water partition coefficient (Wildman–Crippen LogP) is 2.32. The van der Waals surface area contributed by atoms with Crippen molar-refractivity contribution in [3.05, 3.63) is 70.8 Å². The number of hydrogen-bond donors (Lipinski definition) is 3. The van der Waals surface area contributed by atoms with Gasteiger partial charge in [-0.3, -0.25) is 9.59 Å². The van der Waals surface area contributed by atoms with Crippen molar-refractivity contribution in [1.82, 2.24) is 20.9 Å². The molecular weight excluding hydrogens is 426 g/mol. The van der Waals surface area contributed by atoms with Crippen LogP contribution in [0.3, 0.4) is 0 Å². The van der Waals surface area contributed by atoms with Gasteiger partial charge < -0.3 is 20.9 Å². The summed E-state index contributed by atoms with van der Waals surface area (Å²) in [6.45, 7) is 5.76. The zero-order chi connectivity index (χ0) is 23.9. The molecule has 1 heterocycles. The first-order valence-electron chi connectivity index (χ1n) is 12.2. The van der Waals surface area contributed by atoms with E-state index in [0.29, 0.717) is 42.6 Å². The van der Waals surface area contributed by atoms with E-state index in [0.717, 1.165) is 32.5 Å². The largest absolute Gasteiger partial charge is 0.340 e. The fourth-order valence-electron chi connectivity index (χ4n) is 4.50. The van der Waals surface area contributed by atoms with E-state index >= 15 is 0 Å². The van der Waals surface area contributed by atoms with Crippen molar-refractivity contribution in [3.8, 4) is 6.07 Å². The van der Waals surface area contributed by atoms with Crippen LogP contribution < -0.4 is 16.0 Å². The van der Waals surface area contributed by atoms with Gasteiger partial charge in [0.15, 0.2) is 0 Å². The maximum Gasteiger partial charge on any atom is 0.251 e. The Labute approximate surface area is 201 Å². The third-order valence-electron chi connectivity index (χ3n) is 6.68. The van der Waals surface area contributed by atoms with Gasteiger partial charge in [-0.25, -0.2) is 0 Å². The highest BCUT2D eigenvalue weighted by Crippen LogP contribution is 2.40. The molecule has 1 saturated carbocycles. The third kappa shape index (κ3) is 6.22. The van der Waals surface area contributed by atoms with E-state index in [1.807, 2.05) is 4.90 Å². The molecule has 0 spiro atoms. The molecule has 7 heteroatoms. The van der Waals surface area contributed by atoms with Crippen molar-refractivity contribution in [1.29, 1.82) is 5.26 Å². The summed E-state index contributed by atoms with van der Waals surface area (Å²) in [6.07, 6.45) is 2.52. The number of piperazine rings is 1. The number of nitrogens with zero attached hydrogens (tertiary/aromatic N) is 2. The predicted molar refractivity (Wildman–Crippen MR) is 131 cm³/mol. The molecule has 2 aromatic rings. The molecule has 2 aromatic carbocycles. The number of carbonyl (C=O) groups is 2. The van der Waals surface area contributed by atoms with Crippen LogP contribution in [0.15, 0.2) is 48.5 Å². The van der Waals surface area contributed by atoms with Crippen LogP contribution in [-0.4, -0.2) is 61.5 Å². The SMILES string of the molecule is Cc1ccc([C@@H]2C[C@H]2NCCC[C@H](NC(=O)c2ccc(C#N)cc2)C(=O)N2CCNCC2)cc1. The summed E-state index contributed by atoms with van der Waals surface area (Å²) in [5.74, 6) is 0.259. The summed E-state index contributed by atoms with van der Waals surface area (Å²) in [6, 6.07) is 17.2. The summed E-state index contributed by atoms with van der Waals surface area (Å²) in [4.78, 5) is 27.8. The summed E-state index contributed by atoms with van der Waals surface area (Å²) < 4.78 is 0. The molecule has 1 aliphatic carbocycles. The highest BCUT2D eigenvalue weighted by atomic mass is 16.2. The van der Waals surface area contributed by atoms with Crippen LogP contribution >= 0.6 is 0 Å². The van der Waals surface area contributed by atoms with Crippen molar-refractivity contribution in [2.24, 2.45) is 0 Å². The first kappa shape index (κ1) is 23.9. The van der Waals surface area contributed by atoms with Gasteiger partial charge >= 0.3 is 0 Å². The quantitative estimate of drug-likeness (QED) is 0.500. The number of amides is 2. The third-order valence-corrected chi connectivity index (χ3v) is 6.68. The Kier molecular flexibility index (Phi) is 7.94. The average molecular weight is 460 g/mol. The van der Waals surface area contributed by atoms with Gasteiger partial charge in [0.2, 0.25) is 5.91 Å². The van der Waals surface area contributed by atoms with Gasteiger partial charge in [0.25, 0.3) is 5.91 Å². The van der Waals surface area contributed by atoms with Crippen molar-refractivity contribution in [2.45, 2.75) is 44.2 Å². The second-order valence-corrected chi connectivity index (χ2v) is 9.25. The molecule has 7 nitrogen and oxygen atoms in total. The molecular formula is C27H33N5O2. The monoisotopic (exact) mass is 459 g/mol. The standard InChI is InChI=1S/C27H33N5O2/c1-19-4-8-21(9-5-19)23-17-25(23)30-12-2-3-24(27(34)32-15-13-29-14-16-32)31-26(33)22-10-6-20(18-28)7-11-22/h4-11,23-25,29-30H,2-3,12-17H2,1H3,(H,31,33)/t23-,24-,25+/m0/s1. The maximum atomic E-state index is 13.2. The number of nitriles is 1. The second-order valence-electron chi connectivity index (χ2n) is 9.25. The minimum atomic E-state index is -0.560. The lowest BCUT2D eigenvalue weighted by molar-refractivity contribution is -0.134. The zero-order valence-corrected chi connectivity index (χ0v) is 19.7. The first-order valence-corrected chi connectivity index (χ1v) is 12.2. The van der Waals surface area contributed by atoms with Gasteiger partial charge in [-0.15, -0.1) is 0 Å². The van der Waals surface area contributed by atoms with Crippen LogP contribution in [0.5, 0.6) is 0 Å². The molecule has 178 valence electrons. The van der Waals surface area contributed by atoms with Crippen LogP contribution in [0.4, 0.5) is 0 Å². The van der Waals surface area contributed by atoms with Crippen molar-refractivity contribution in [3.63, 3.8) is 0 Å². The summed E-state index contributed by atoms with van der Waals surface area (Å²) in [5.41, 5.74) is 3.61. The Morgan fingerprint density at radius 3 is 2.50 bits per heavy atom. The minimum Gasteiger partial charge on any atom is -0.340 e. The fourth-order valence-corrected chi connectivity index (χ4v) is 4.50. The molecule has 2 fully saturated rings. The molecule has 2 aliphatic rings. The van der Waals surface area contributed by atoms with Crippen molar-refractivity contribution in [2.75, 3.05) is 32.7 Å². The number of hydrogen-bond acceptors (Lipinski definition) is 5. The van der Waals surface area contributed by atoms with Crippen LogP contribution in [0.2, 0.25) is 0 Å². The van der Waals surface area contributed by atoms with Gasteiger partial charge in [0, 0.05) is 43.7 Å². The van der Waals surface area contributed by atoms with Crippen molar-refractivity contribution < 1.29 is 9.59 Å². The molecule has 1 aliphatic heterocycles. The first-order chi connectivity index (χ1) is 16.5. The maximum absolute atomic E-state index is 13.2. The van der Waals surface area contributed by atoms with E-state index in [9.17, 15) is 9.59 Å². The Morgan fingerprint density at radius 1 is 1.12 bits per heavy atom. The lowest BCUT2D eigenvalue weighted by Gasteiger charge is -2.31. The minimum absolute atomic E-state index is 0.0209. The number of aryl methyl sites for hydroxylation is 1. The zero-order valence-electron chi connectivity index (χ0n) is 19.7. The van der Waals surface area contributed by atoms with Crippen LogP contribution in [0.25, 0.3) is 0 Å². The highest BCUT2D eigenvalue weighted by molar-refractivity contribution is 5.97. The number of carbonyl (C=O) groups excluding carboxylic acids is 2. The number of nitrogens with one attached hydrogen (secondary N) is 3. The Hall–Kier alpha value is -3.21. The Morgan fingerprint density at radius 2 is 1.82 bits per heavy atom. The average Bonchev–Trinajstić information content (AvgIpc) is 3.66. The highest BCUT2D eigenvalue weighted by Gasteiger charge is 2.37. The van der Waals surface area contributed by atoms with Crippen LogP contribution in [-0.2, 0) is 4.79 Å². The summed E-state index contributed by atoms with van der Waals surface area (Å²) in [7, 11) is 0. The molecule has 3 atom stereocenters. The van der Waals surface area contributed by atoms with Gasteiger partial charge in [-0.1, -0.05) is 29.8 Å². The molecule has 3 N–H and O–H groups in total. The smallest absolute Gasteiger partial charge is 0.251 e.